The van der Waals surface area contributed by atoms with Crippen LogP contribution < -0.4 is 14.3 Å². The van der Waals surface area contributed by atoms with E-state index >= 15 is 0 Å². The van der Waals surface area contributed by atoms with Gasteiger partial charge in [0.2, 0.25) is 11.6 Å². The first-order valence-electron chi connectivity index (χ1n) is 9.90. The van der Waals surface area contributed by atoms with Gasteiger partial charge < -0.3 is 9.47 Å². The smallest absolute Gasteiger partial charge is 0.231 e. The summed E-state index contributed by atoms with van der Waals surface area (Å²) in [5.74, 6) is 1.44. The lowest BCUT2D eigenvalue weighted by Gasteiger charge is -2.08. The highest BCUT2D eigenvalue weighted by Crippen LogP contribution is 2.33. The Morgan fingerprint density at radius 3 is 2.70 bits per heavy atom. The Bertz CT molecular complexity index is 1460. The molecule has 3 aromatic carbocycles. The topological polar surface area (TPSA) is 48.1 Å². The summed E-state index contributed by atoms with van der Waals surface area (Å²) < 4.78 is 13.8. The van der Waals surface area contributed by atoms with Crippen molar-refractivity contribution in [3.63, 3.8) is 0 Å². The van der Waals surface area contributed by atoms with Crippen LogP contribution in [0.2, 0.25) is 10.0 Å². The first kappa shape index (κ1) is 22.2. The average molecular weight is 561 g/mol. The summed E-state index contributed by atoms with van der Waals surface area (Å²) in [5, 5.41) is 8.00. The van der Waals surface area contributed by atoms with E-state index in [9.17, 15) is 0 Å². The number of thiazole rings is 1. The van der Waals surface area contributed by atoms with E-state index in [0.29, 0.717) is 26.3 Å². The molecule has 5 nitrogen and oxygen atoms in total. The van der Waals surface area contributed by atoms with Crippen LogP contribution in [0.5, 0.6) is 11.5 Å². The van der Waals surface area contributed by atoms with Crippen LogP contribution >= 0.6 is 50.5 Å². The van der Waals surface area contributed by atoms with E-state index in [-0.39, 0.29) is 6.79 Å². The van der Waals surface area contributed by atoms with Gasteiger partial charge in [-0.05, 0) is 55.5 Å². The number of aromatic nitrogens is 1. The third kappa shape index (κ3) is 4.73. The minimum Gasteiger partial charge on any atom is -0.454 e. The van der Waals surface area contributed by atoms with E-state index < -0.39 is 0 Å². The summed E-state index contributed by atoms with van der Waals surface area (Å²) in [4.78, 5) is 5.46. The normalized spacial score (nSPS) is 13.6. The summed E-state index contributed by atoms with van der Waals surface area (Å²) in [6, 6.07) is 19.1. The van der Waals surface area contributed by atoms with E-state index in [1.165, 1.54) is 11.3 Å². The number of nitrogens with zero attached hydrogens (tertiary/aromatic N) is 3. The summed E-state index contributed by atoms with van der Waals surface area (Å²) in [7, 11) is 0. The van der Waals surface area contributed by atoms with Gasteiger partial charge in [-0.1, -0.05) is 51.3 Å². The number of hydrogen-bond acceptors (Lipinski definition) is 5. The molecule has 0 aliphatic carbocycles. The van der Waals surface area contributed by atoms with Gasteiger partial charge in [-0.25, -0.2) is 9.67 Å². The Morgan fingerprint density at radius 1 is 1.03 bits per heavy atom. The minimum absolute atomic E-state index is 0.228. The number of halogens is 3. The quantitative estimate of drug-likeness (QED) is 0.242. The Balaban J connectivity index is 1.67. The molecule has 0 unspecified atom stereocenters. The maximum atomic E-state index is 6.38. The van der Waals surface area contributed by atoms with E-state index in [0.717, 1.165) is 32.8 Å². The molecule has 0 atom stereocenters. The molecule has 2 heterocycles. The summed E-state index contributed by atoms with van der Waals surface area (Å²) >= 11 is 17.5. The van der Waals surface area contributed by atoms with Crippen molar-refractivity contribution in [1.29, 1.82) is 0 Å². The molecule has 0 amide bonds. The van der Waals surface area contributed by atoms with Crippen LogP contribution in [0, 0.1) is 0 Å². The number of hydrogen-bond donors (Lipinski definition) is 0. The molecular weight excluding hydrogens is 545 g/mol. The van der Waals surface area contributed by atoms with Crippen molar-refractivity contribution in [3.05, 3.63) is 90.9 Å². The zero-order chi connectivity index (χ0) is 22.9. The highest BCUT2D eigenvalue weighted by molar-refractivity contribution is 9.10. The van der Waals surface area contributed by atoms with Crippen LogP contribution in [0.1, 0.15) is 12.5 Å². The Morgan fingerprint density at radius 2 is 1.88 bits per heavy atom. The fraction of sp³-hybridized carbons (Fsp3) is 0.0833. The lowest BCUT2D eigenvalue weighted by atomic mass is 10.1. The van der Waals surface area contributed by atoms with E-state index in [1.807, 2.05) is 59.4 Å². The first-order chi connectivity index (χ1) is 16.0. The van der Waals surface area contributed by atoms with Crippen LogP contribution in [-0.2, 0) is 0 Å². The van der Waals surface area contributed by atoms with E-state index in [1.54, 1.807) is 18.2 Å². The molecule has 5 rings (SSSR count). The highest BCUT2D eigenvalue weighted by Gasteiger charge is 2.15. The predicted molar refractivity (Wildman–Crippen MR) is 137 cm³/mol. The zero-order valence-corrected chi connectivity index (χ0v) is 21.2. The van der Waals surface area contributed by atoms with E-state index in [2.05, 4.69) is 15.9 Å². The number of fused-ring (bicyclic) bond motifs is 1. The van der Waals surface area contributed by atoms with Gasteiger partial charge in [-0.2, -0.15) is 5.10 Å². The molecule has 0 spiro atoms. The molecule has 0 bridgehead atoms. The van der Waals surface area contributed by atoms with Crippen LogP contribution in [0.25, 0.3) is 11.3 Å². The second kappa shape index (κ2) is 9.35. The number of benzene rings is 3. The molecule has 1 aliphatic rings. The fourth-order valence-corrected chi connectivity index (χ4v) is 5.02. The third-order valence-electron chi connectivity index (χ3n) is 4.97. The molecule has 4 aromatic rings. The van der Waals surface area contributed by atoms with Crippen molar-refractivity contribution in [2.24, 2.45) is 10.1 Å². The average Bonchev–Trinajstić information content (AvgIpc) is 3.42. The number of rotatable bonds is 4. The molecule has 1 aliphatic heterocycles. The molecule has 0 saturated carbocycles. The van der Waals surface area contributed by atoms with Crippen molar-refractivity contribution in [1.82, 2.24) is 4.68 Å². The van der Waals surface area contributed by atoms with Crippen molar-refractivity contribution < 1.29 is 9.47 Å². The highest BCUT2D eigenvalue weighted by atomic mass is 79.9. The van der Waals surface area contributed by atoms with Gasteiger partial charge in [0.25, 0.3) is 0 Å². The Kier molecular flexibility index (Phi) is 6.29. The molecule has 0 fully saturated rings. The Labute approximate surface area is 212 Å². The maximum absolute atomic E-state index is 6.38. The largest absolute Gasteiger partial charge is 0.454 e. The van der Waals surface area contributed by atoms with Gasteiger partial charge in [0.15, 0.2) is 11.5 Å². The van der Waals surface area contributed by atoms with E-state index in [4.69, 9.17) is 42.8 Å². The van der Waals surface area contributed by atoms with Gasteiger partial charge in [0.1, 0.15) is 0 Å². The second-order valence-electron chi connectivity index (χ2n) is 7.19. The van der Waals surface area contributed by atoms with Gasteiger partial charge in [-0.3, -0.25) is 0 Å². The minimum atomic E-state index is 0.228. The summed E-state index contributed by atoms with van der Waals surface area (Å²) in [6.07, 6.45) is 0. The van der Waals surface area contributed by atoms with Crippen molar-refractivity contribution in [2.75, 3.05) is 6.79 Å². The van der Waals surface area contributed by atoms with Crippen LogP contribution in [0.15, 0.2) is 80.6 Å². The zero-order valence-electron chi connectivity index (χ0n) is 17.3. The molecule has 166 valence electrons. The van der Waals surface area contributed by atoms with Crippen LogP contribution in [-0.4, -0.2) is 17.2 Å². The fourth-order valence-electron chi connectivity index (χ4n) is 3.32. The lowest BCUT2D eigenvalue weighted by molar-refractivity contribution is 0.174. The van der Waals surface area contributed by atoms with Gasteiger partial charge >= 0.3 is 0 Å². The first-order valence-corrected chi connectivity index (χ1v) is 12.3. The number of ether oxygens (including phenoxy) is 2. The van der Waals surface area contributed by atoms with Crippen LogP contribution in [0.4, 0.5) is 5.69 Å². The van der Waals surface area contributed by atoms with Crippen molar-refractivity contribution in [2.45, 2.75) is 6.92 Å². The second-order valence-corrected chi connectivity index (χ2v) is 9.78. The van der Waals surface area contributed by atoms with Gasteiger partial charge in [0, 0.05) is 26.0 Å². The molecule has 9 heteroatoms. The summed E-state index contributed by atoms with van der Waals surface area (Å²) in [5.41, 5.74) is 4.25. The monoisotopic (exact) mass is 559 g/mol. The van der Waals surface area contributed by atoms with Crippen LogP contribution in [0.3, 0.4) is 0 Å². The van der Waals surface area contributed by atoms with Gasteiger partial charge in [-0.15, -0.1) is 11.3 Å². The molecule has 0 radical (unpaired) electrons. The Hall–Kier alpha value is -2.58. The van der Waals surface area contributed by atoms with Gasteiger partial charge in [0.05, 0.1) is 22.1 Å². The standard InChI is InChI=1S/C24H16BrCl2N3O2S/c1-14(15-5-8-22-23(10-15)32-13-31-22)29-30-21(16-3-2-4-17(25)9-16)12-33-24(30)28-20-7-6-18(26)11-19(20)27/h2-12H,13H2,1H3. The molecular formula is C24H16BrCl2N3O2S. The maximum Gasteiger partial charge on any atom is 0.231 e. The molecule has 33 heavy (non-hydrogen) atoms. The van der Waals surface area contributed by atoms with Crippen molar-refractivity contribution in [3.8, 4) is 22.8 Å². The molecule has 1 aromatic heterocycles. The molecule has 0 N–H and O–H groups in total. The summed E-state index contributed by atoms with van der Waals surface area (Å²) in [6.45, 7) is 2.18. The molecule has 0 saturated heterocycles. The predicted octanol–water partition coefficient (Wildman–Crippen LogP) is 7.52. The lowest BCUT2D eigenvalue weighted by Crippen LogP contribution is -2.13. The SMILES string of the molecule is CC(=Nn1c(-c2cccc(Br)c2)csc1=Nc1ccc(Cl)cc1Cl)c1ccc2c(c1)OCO2. The third-order valence-corrected chi connectivity index (χ3v) is 6.82. The van der Waals surface area contributed by atoms with Crippen molar-refractivity contribution >= 4 is 61.9 Å².